The molecule has 3 heterocycles. The van der Waals surface area contributed by atoms with Crippen LogP contribution in [0, 0.1) is 46.8 Å². The van der Waals surface area contributed by atoms with E-state index >= 15 is 0 Å². The lowest BCUT2D eigenvalue weighted by molar-refractivity contribution is -0.300. The number of rotatable bonds is 6. The van der Waals surface area contributed by atoms with Crippen molar-refractivity contribution in [2.45, 2.75) is 158 Å². The molecule has 13 heteroatoms. The van der Waals surface area contributed by atoms with Crippen LogP contribution in [-0.4, -0.2) is 130 Å². The van der Waals surface area contributed by atoms with Gasteiger partial charge >= 0.3 is 11.9 Å². The average Bonchev–Trinajstić information content (AvgIpc) is 3.31. The first-order valence-corrected chi connectivity index (χ1v) is 18.9. The molecular weight excluding hydrogens is 650 g/mol. The van der Waals surface area contributed by atoms with Gasteiger partial charge in [-0.25, -0.2) is 4.79 Å². The van der Waals surface area contributed by atoms with Crippen LogP contribution >= 0.6 is 0 Å². The zero-order chi connectivity index (χ0) is 36.7. The van der Waals surface area contributed by atoms with Gasteiger partial charge in [-0.05, 0) is 83.5 Å². The molecule has 0 aromatic carbocycles. The minimum atomic E-state index is -2.25. The molecular formula is C37H59NO12. The lowest BCUT2D eigenvalue weighted by Crippen LogP contribution is -2.77. The number of fused-ring (bicyclic) bond motifs is 5. The SMILES string of the molecule is CC[C@@H](C)C(=O)O[C@H]1[C@H](O)[C@H]2[C@@H](CN3C[C@@H](C)CC[C@H]3[C@@]2(C)O)[C@@H]2C[C@]34OC5(O)[C@@H](OC(=O)[C@](C)(O)[C@@H](C)O)CC[C@@]3(C)[C@@H]5C[C@@H](O)[C@H]4[C@@]21O. The van der Waals surface area contributed by atoms with Crippen molar-refractivity contribution in [3.8, 4) is 0 Å². The minimum absolute atomic E-state index is 0.0328. The van der Waals surface area contributed by atoms with Crippen LogP contribution in [0.2, 0.25) is 0 Å². The third kappa shape index (κ3) is 4.57. The Kier molecular flexibility index (Phi) is 8.52. The van der Waals surface area contributed by atoms with Crippen molar-refractivity contribution in [2.24, 2.45) is 46.8 Å². The van der Waals surface area contributed by atoms with E-state index in [2.05, 4.69) is 11.8 Å². The lowest BCUT2D eigenvalue weighted by atomic mass is 9.49. The Morgan fingerprint density at radius 2 is 1.74 bits per heavy atom. The summed E-state index contributed by atoms with van der Waals surface area (Å²) in [7, 11) is 0. The standard InChI is InChI=1S/C37H59NO12/c1-8-18(3)30(42)49-29-27(41)26-20(16-38-15-17(2)9-10-24(38)34(26,7)45)21-14-35-28(36(21,29)46)22(40)13-23-32(35,5)12-11-25(37(23,47)50-35)48-31(43)33(6,44)19(4)39/h17-29,39-41,44-47H,8-16H2,1-7H3/t17-,18+,19+,20-,21-,22+,23-,24-,25-,26+,27+,28+,29-,32-,33+,34+,35+,36-,37?/m0/s1. The molecule has 284 valence electrons. The Morgan fingerprint density at radius 1 is 1.06 bits per heavy atom. The molecule has 7 rings (SSSR count). The molecule has 3 saturated heterocycles. The van der Waals surface area contributed by atoms with Gasteiger partial charge in [-0.2, -0.15) is 0 Å². The van der Waals surface area contributed by atoms with E-state index in [9.17, 15) is 45.3 Å². The van der Waals surface area contributed by atoms with Crippen LogP contribution in [0.15, 0.2) is 0 Å². The van der Waals surface area contributed by atoms with E-state index in [0.717, 1.165) is 26.3 Å². The number of aliphatic hydroxyl groups excluding tert-OH is 3. The van der Waals surface area contributed by atoms with Crippen molar-refractivity contribution >= 4 is 11.9 Å². The predicted molar refractivity (Wildman–Crippen MR) is 176 cm³/mol. The second-order valence-electron chi connectivity index (χ2n) is 18.2. The van der Waals surface area contributed by atoms with Gasteiger partial charge in [0.25, 0.3) is 0 Å². The summed E-state index contributed by atoms with van der Waals surface area (Å²) < 4.78 is 18.7. The molecule has 7 fully saturated rings. The van der Waals surface area contributed by atoms with Crippen molar-refractivity contribution in [3.63, 3.8) is 0 Å². The molecule has 0 radical (unpaired) electrons. The van der Waals surface area contributed by atoms with Gasteiger partial charge in [0, 0.05) is 42.3 Å². The monoisotopic (exact) mass is 709 g/mol. The van der Waals surface area contributed by atoms with E-state index in [0.29, 0.717) is 25.3 Å². The molecule has 19 atom stereocenters. The quantitative estimate of drug-likeness (QED) is 0.188. The highest BCUT2D eigenvalue weighted by Crippen LogP contribution is 2.77. The maximum Gasteiger partial charge on any atom is 0.341 e. The normalized spacial score (nSPS) is 54.6. The molecule has 13 nitrogen and oxygen atoms in total. The number of carbonyl (C=O) groups is 2. The zero-order valence-corrected chi connectivity index (χ0v) is 30.5. The summed E-state index contributed by atoms with van der Waals surface area (Å²) >= 11 is 0. The first-order chi connectivity index (χ1) is 23.1. The van der Waals surface area contributed by atoms with Crippen molar-refractivity contribution < 1.29 is 59.5 Å². The zero-order valence-electron chi connectivity index (χ0n) is 30.5. The second kappa shape index (κ2) is 11.5. The highest BCUT2D eigenvalue weighted by Gasteiger charge is 2.87. The second-order valence-corrected chi connectivity index (χ2v) is 18.2. The third-order valence-corrected chi connectivity index (χ3v) is 15.5. The van der Waals surface area contributed by atoms with Gasteiger partial charge in [-0.3, -0.25) is 9.69 Å². The Bertz CT molecular complexity index is 1390. The topological polar surface area (TPSA) is 207 Å². The van der Waals surface area contributed by atoms with E-state index in [4.69, 9.17) is 14.2 Å². The molecule has 4 saturated carbocycles. The molecule has 4 aliphatic carbocycles. The van der Waals surface area contributed by atoms with Gasteiger partial charge in [-0.15, -0.1) is 0 Å². The summed E-state index contributed by atoms with van der Waals surface area (Å²) in [5.41, 5.74) is -7.89. The smallest absolute Gasteiger partial charge is 0.341 e. The van der Waals surface area contributed by atoms with Gasteiger partial charge in [-0.1, -0.05) is 27.7 Å². The number of esters is 2. The molecule has 0 amide bonds. The number of hydrogen-bond acceptors (Lipinski definition) is 13. The molecule has 7 N–H and O–H groups in total. The molecule has 7 aliphatic rings. The van der Waals surface area contributed by atoms with E-state index in [-0.39, 0.29) is 25.3 Å². The fourth-order valence-electron chi connectivity index (χ4n) is 12.5. The maximum absolute atomic E-state index is 13.5. The van der Waals surface area contributed by atoms with Crippen LogP contribution in [0.4, 0.5) is 0 Å². The summed E-state index contributed by atoms with van der Waals surface area (Å²) in [6.07, 6.45) is -4.15. The van der Waals surface area contributed by atoms with E-state index in [1.807, 2.05) is 13.8 Å². The fraction of sp³-hybridized carbons (Fsp3) is 0.946. The largest absolute Gasteiger partial charge is 0.456 e. The van der Waals surface area contributed by atoms with Crippen molar-refractivity contribution in [3.05, 3.63) is 0 Å². The van der Waals surface area contributed by atoms with Gasteiger partial charge in [0.1, 0.15) is 5.60 Å². The van der Waals surface area contributed by atoms with Crippen LogP contribution in [0.25, 0.3) is 0 Å². The van der Waals surface area contributed by atoms with Crippen LogP contribution < -0.4 is 0 Å². The van der Waals surface area contributed by atoms with Crippen LogP contribution in [-0.2, 0) is 23.8 Å². The Labute approximate surface area is 294 Å². The summed E-state index contributed by atoms with van der Waals surface area (Å²) in [6.45, 7) is 13.1. The fourth-order valence-corrected chi connectivity index (χ4v) is 12.5. The van der Waals surface area contributed by atoms with Crippen molar-refractivity contribution in [1.29, 1.82) is 0 Å². The molecule has 0 aromatic heterocycles. The number of hydrogen-bond donors (Lipinski definition) is 7. The number of nitrogens with zero attached hydrogens (tertiary/aromatic N) is 1. The Hall–Kier alpha value is -1.42. The van der Waals surface area contributed by atoms with E-state index in [1.165, 1.54) is 6.92 Å². The summed E-state index contributed by atoms with van der Waals surface area (Å²) in [5, 5.41) is 83.5. The predicted octanol–water partition coefficient (Wildman–Crippen LogP) is 0.466. The van der Waals surface area contributed by atoms with Crippen molar-refractivity contribution in [2.75, 3.05) is 13.1 Å². The summed E-state index contributed by atoms with van der Waals surface area (Å²) in [6, 6.07) is -0.238. The van der Waals surface area contributed by atoms with Crippen LogP contribution in [0.5, 0.6) is 0 Å². The van der Waals surface area contributed by atoms with Gasteiger partial charge in [0.05, 0.1) is 35.4 Å². The van der Waals surface area contributed by atoms with Gasteiger partial charge in [0.2, 0.25) is 5.79 Å². The molecule has 0 aromatic rings. The van der Waals surface area contributed by atoms with Gasteiger partial charge in [0.15, 0.2) is 17.8 Å². The third-order valence-electron chi connectivity index (χ3n) is 15.5. The van der Waals surface area contributed by atoms with Crippen molar-refractivity contribution in [1.82, 2.24) is 4.90 Å². The number of ether oxygens (including phenoxy) is 3. The maximum atomic E-state index is 13.5. The first-order valence-electron chi connectivity index (χ1n) is 18.9. The Balaban J connectivity index is 1.34. The highest BCUT2D eigenvalue weighted by atomic mass is 16.7. The van der Waals surface area contributed by atoms with Gasteiger partial charge < -0.3 is 50.0 Å². The lowest BCUT2D eigenvalue weighted by Gasteiger charge is -2.64. The minimum Gasteiger partial charge on any atom is -0.456 e. The molecule has 1 unspecified atom stereocenters. The van der Waals surface area contributed by atoms with Crippen LogP contribution in [0.1, 0.15) is 93.4 Å². The molecule has 4 bridgehead atoms. The number of aliphatic hydroxyl groups is 7. The first kappa shape index (κ1) is 36.9. The van der Waals surface area contributed by atoms with E-state index in [1.54, 1.807) is 13.8 Å². The molecule has 3 aliphatic heterocycles. The number of piperidine rings is 2. The number of carbonyl (C=O) groups excluding carboxylic acids is 2. The summed E-state index contributed by atoms with van der Waals surface area (Å²) in [4.78, 5) is 28.9. The Morgan fingerprint density at radius 3 is 2.38 bits per heavy atom. The molecule has 1 spiro atoms. The molecule has 50 heavy (non-hydrogen) atoms. The van der Waals surface area contributed by atoms with E-state index < -0.39 is 112 Å². The summed E-state index contributed by atoms with van der Waals surface area (Å²) in [5.74, 6) is -7.78. The average molecular weight is 710 g/mol. The van der Waals surface area contributed by atoms with Crippen LogP contribution in [0.3, 0.4) is 0 Å². The highest BCUT2D eigenvalue weighted by molar-refractivity contribution is 5.79.